The normalized spacial score (nSPS) is 13.2. The molecule has 3 N–H and O–H groups in total. The van der Waals surface area contributed by atoms with Gasteiger partial charge in [-0.15, -0.1) is 12.6 Å². The van der Waals surface area contributed by atoms with Crippen molar-refractivity contribution in [1.82, 2.24) is 4.98 Å². The second-order valence-corrected chi connectivity index (χ2v) is 3.46. The van der Waals surface area contributed by atoms with Crippen LogP contribution in [0.3, 0.4) is 0 Å². The van der Waals surface area contributed by atoms with Crippen LogP contribution in [0, 0.1) is 0 Å². The van der Waals surface area contributed by atoms with E-state index < -0.39 is 12.1 Å². The van der Waals surface area contributed by atoms with E-state index in [4.69, 9.17) is 10.5 Å². The van der Waals surface area contributed by atoms with Crippen LogP contribution in [0.25, 0.3) is 0 Å². The molecular formula is C11H14N2O3S. The highest BCUT2D eigenvalue weighted by Crippen LogP contribution is 2.16. The van der Waals surface area contributed by atoms with Gasteiger partial charge >= 0.3 is 5.97 Å². The molecule has 5 nitrogen and oxygen atoms in total. The molecule has 17 heavy (non-hydrogen) atoms. The number of pyridine rings is 1. The Labute approximate surface area is 105 Å². The number of hydrogen-bond donors (Lipinski definition) is 3. The number of carbonyl (C=O) groups excluding carboxylic acids is 1. The van der Waals surface area contributed by atoms with Gasteiger partial charge in [0.2, 0.25) is 0 Å². The SMILES string of the molecule is CCOC(=O)c1cccc(C(O)/C(N)=C/S)n1. The number of carbonyl (C=O) groups is 1. The maximum Gasteiger partial charge on any atom is 0.356 e. The molecule has 0 radical (unpaired) electrons. The standard InChI is InChI=1S/C11H14N2O3S/c1-2-16-11(15)9-5-3-4-8(13-9)10(14)7(12)6-17/h3-6,10,14,17H,2,12H2,1H3/b7-6-. The summed E-state index contributed by atoms with van der Waals surface area (Å²) in [6, 6.07) is 4.68. The fraction of sp³-hybridized carbons (Fsp3) is 0.273. The second-order valence-electron chi connectivity index (χ2n) is 3.20. The van der Waals surface area contributed by atoms with Crippen LogP contribution < -0.4 is 5.73 Å². The molecule has 0 aliphatic heterocycles. The summed E-state index contributed by atoms with van der Waals surface area (Å²) in [5, 5.41) is 11.0. The van der Waals surface area contributed by atoms with Crippen LogP contribution in [0.5, 0.6) is 0 Å². The number of rotatable bonds is 4. The Hall–Kier alpha value is -1.53. The lowest BCUT2D eigenvalue weighted by Gasteiger charge is -2.10. The van der Waals surface area contributed by atoms with Gasteiger partial charge in [-0.25, -0.2) is 9.78 Å². The van der Waals surface area contributed by atoms with Gasteiger partial charge in [-0.1, -0.05) is 6.07 Å². The van der Waals surface area contributed by atoms with E-state index in [9.17, 15) is 9.90 Å². The summed E-state index contributed by atoms with van der Waals surface area (Å²) in [5.74, 6) is -0.532. The fourth-order valence-electron chi connectivity index (χ4n) is 1.16. The Kier molecular flexibility index (Phi) is 4.99. The summed E-state index contributed by atoms with van der Waals surface area (Å²) < 4.78 is 4.81. The highest BCUT2D eigenvalue weighted by molar-refractivity contribution is 7.83. The van der Waals surface area contributed by atoms with Gasteiger partial charge in [0.25, 0.3) is 0 Å². The van der Waals surface area contributed by atoms with Crippen LogP contribution in [0.1, 0.15) is 29.2 Å². The summed E-state index contributed by atoms with van der Waals surface area (Å²) in [6.45, 7) is 1.98. The number of esters is 1. The maximum atomic E-state index is 11.4. The van der Waals surface area contributed by atoms with E-state index in [1.807, 2.05) is 0 Å². The molecule has 0 aliphatic carbocycles. The monoisotopic (exact) mass is 254 g/mol. The van der Waals surface area contributed by atoms with Crippen LogP contribution >= 0.6 is 12.6 Å². The van der Waals surface area contributed by atoms with Gasteiger partial charge < -0.3 is 15.6 Å². The fourth-order valence-corrected chi connectivity index (χ4v) is 1.31. The van der Waals surface area contributed by atoms with E-state index >= 15 is 0 Å². The average molecular weight is 254 g/mol. The van der Waals surface area contributed by atoms with Crippen molar-refractivity contribution in [2.24, 2.45) is 5.73 Å². The van der Waals surface area contributed by atoms with Gasteiger partial charge in [0.15, 0.2) is 0 Å². The van der Waals surface area contributed by atoms with Crippen LogP contribution in [0.2, 0.25) is 0 Å². The van der Waals surface area contributed by atoms with E-state index in [-0.39, 0.29) is 23.7 Å². The summed E-state index contributed by atoms with van der Waals surface area (Å²) in [5.41, 5.74) is 6.08. The number of hydrogen-bond acceptors (Lipinski definition) is 6. The van der Waals surface area contributed by atoms with Crippen molar-refractivity contribution in [3.8, 4) is 0 Å². The van der Waals surface area contributed by atoms with Gasteiger partial charge in [-0.05, 0) is 24.5 Å². The third-order valence-electron chi connectivity index (χ3n) is 2.00. The number of thiol groups is 1. The van der Waals surface area contributed by atoms with E-state index in [1.165, 1.54) is 11.5 Å². The zero-order valence-electron chi connectivity index (χ0n) is 9.33. The van der Waals surface area contributed by atoms with Gasteiger partial charge in [0.05, 0.1) is 12.3 Å². The zero-order valence-corrected chi connectivity index (χ0v) is 10.2. The topological polar surface area (TPSA) is 85.4 Å². The minimum absolute atomic E-state index is 0.135. The van der Waals surface area contributed by atoms with Crippen molar-refractivity contribution in [1.29, 1.82) is 0 Å². The lowest BCUT2D eigenvalue weighted by atomic mass is 10.2. The maximum absolute atomic E-state index is 11.4. The highest BCUT2D eigenvalue weighted by atomic mass is 32.1. The number of nitrogens with zero attached hydrogens (tertiary/aromatic N) is 1. The van der Waals surface area contributed by atoms with E-state index in [0.717, 1.165) is 0 Å². The lowest BCUT2D eigenvalue weighted by molar-refractivity contribution is 0.0518. The van der Waals surface area contributed by atoms with Gasteiger partial charge in [0.1, 0.15) is 11.8 Å². The molecule has 0 bridgehead atoms. The predicted molar refractivity (Wildman–Crippen MR) is 66.4 cm³/mol. The molecule has 92 valence electrons. The average Bonchev–Trinajstić information content (AvgIpc) is 2.37. The van der Waals surface area contributed by atoms with Crippen molar-refractivity contribution in [3.63, 3.8) is 0 Å². The third-order valence-corrected chi connectivity index (χ3v) is 2.30. The number of aliphatic hydroxyl groups excluding tert-OH is 1. The first-order chi connectivity index (χ1) is 8.10. The number of aromatic nitrogens is 1. The van der Waals surface area contributed by atoms with Crippen molar-refractivity contribution in [3.05, 3.63) is 40.7 Å². The molecule has 1 rings (SSSR count). The molecule has 0 aliphatic rings. The summed E-state index contributed by atoms with van der Waals surface area (Å²) in [4.78, 5) is 15.4. The summed E-state index contributed by atoms with van der Waals surface area (Å²) in [6.07, 6.45) is -1.08. The Morgan fingerprint density at radius 3 is 3.00 bits per heavy atom. The summed E-state index contributed by atoms with van der Waals surface area (Å²) >= 11 is 3.84. The largest absolute Gasteiger partial charge is 0.461 e. The second kappa shape index (κ2) is 6.27. The van der Waals surface area contributed by atoms with Gasteiger partial charge in [-0.2, -0.15) is 0 Å². The number of nitrogens with two attached hydrogens (primary N) is 1. The molecule has 1 aromatic rings. The van der Waals surface area contributed by atoms with Crippen LogP contribution in [0.15, 0.2) is 29.3 Å². The van der Waals surface area contributed by atoms with Crippen LogP contribution in [0.4, 0.5) is 0 Å². The lowest BCUT2D eigenvalue weighted by Crippen LogP contribution is -2.13. The molecule has 0 spiro atoms. The summed E-state index contributed by atoms with van der Waals surface area (Å²) in [7, 11) is 0. The number of aliphatic hydroxyl groups is 1. The van der Waals surface area contributed by atoms with Crippen molar-refractivity contribution >= 4 is 18.6 Å². The van der Waals surface area contributed by atoms with Crippen LogP contribution in [-0.2, 0) is 4.74 Å². The van der Waals surface area contributed by atoms with E-state index in [0.29, 0.717) is 0 Å². The molecule has 0 saturated carbocycles. The highest BCUT2D eigenvalue weighted by Gasteiger charge is 2.15. The van der Waals surface area contributed by atoms with Gasteiger partial charge in [0, 0.05) is 5.70 Å². The predicted octanol–water partition coefficient (Wildman–Crippen LogP) is 1.02. The Morgan fingerprint density at radius 2 is 2.41 bits per heavy atom. The number of ether oxygens (including phenoxy) is 1. The third kappa shape index (κ3) is 3.47. The van der Waals surface area contributed by atoms with Crippen LogP contribution in [-0.4, -0.2) is 22.7 Å². The molecular weight excluding hydrogens is 240 g/mol. The van der Waals surface area contributed by atoms with E-state index in [1.54, 1.807) is 19.1 Å². The van der Waals surface area contributed by atoms with E-state index in [2.05, 4.69) is 17.6 Å². The first-order valence-corrected chi connectivity index (χ1v) is 5.53. The quantitative estimate of drug-likeness (QED) is 0.552. The molecule has 0 amide bonds. The molecule has 1 atom stereocenters. The molecule has 1 heterocycles. The minimum atomic E-state index is -1.08. The first-order valence-electron chi connectivity index (χ1n) is 5.02. The zero-order chi connectivity index (χ0) is 12.8. The first kappa shape index (κ1) is 13.5. The smallest absolute Gasteiger partial charge is 0.356 e. The Bertz CT molecular complexity index is 434. The Balaban J connectivity index is 2.97. The molecule has 0 saturated heterocycles. The van der Waals surface area contributed by atoms with Crippen molar-refractivity contribution in [2.45, 2.75) is 13.0 Å². The van der Waals surface area contributed by atoms with Crippen molar-refractivity contribution < 1.29 is 14.6 Å². The molecule has 0 fully saturated rings. The molecule has 0 aromatic carbocycles. The molecule has 6 heteroatoms. The Morgan fingerprint density at radius 1 is 1.71 bits per heavy atom. The van der Waals surface area contributed by atoms with Gasteiger partial charge in [-0.3, -0.25) is 0 Å². The molecule has 1 unspecified atom stereocenters. The molecule has 1 aromatic heterocycles. The van der Waals surface area contributed by atoms with Crippen molar-refractivity contribution in [2.75, 3.05) is 6.61 Å². The minimum Gasteiger partial charge on any atom is -0.461 e.